The van der Waals surface area contributed by atoms with E-state index in [2.05, 4.69) is 48.9 Å². The number of benzene rings is 2. The second-order valence-corrected chi connectivity index (χ2v) is 8.80. The number of tetrazole rings is 1. The van der Waals surface area contributed by atoms with Crippen LogP contribution in [0.4, 0.5) is 10.3 Å². The average molecular weight is 524 g/mol. The maximum Gasteiger partial charge on any atom is 0.248 e. The Labute approximate surface area is 215 Å². The van der Waals surface area contributed by atoms with Gasteiger partial charge in [0.15, 0.2) is 0 Å². The van der Waals surface area contributed by atoms with Gasteiger partial charge >= 0.3 is 0 Å². The van der Waals surface area contributed by atoms with E-state index >= 15 is 0 Å². The van der Waals surface area contributed by atoms with E-state index in [9.17, 15) is 9.18 Å². The Morgan fingerprint density at radius 3 is 2.72 bits per heavy atom. The first kappa shape index (κ1) is 23.8. The van der Waals surface area contributed by atoms with Crippen LogP contribution in [0.2, 0.25) is 10.0 Å². The molecule has 0 spiro atoms. The zero-order chi connectivity index (χ0) is 25.1. The number of aromatic nitrogens is 5. The first-order valence-electron chi connectivity index (χ1n) is 11.0. The lowest BCUT2D eigenvalue weighted by Gasteiger charge is -2.31. The predicted octanol–water partition coefficient (Wildman–Crippen LogP) is 4.69. The number of H-pyrrole nitrogens is 1. The maximum atomic E-state index is 13.8. The van der Waals surface area contributed by atoms with Gasteiger partial charge in [0, 0.05) is 43.2 Å². The highest BCUT2D eigenvalue weighted by molar-refractivity contribution is 6.43. The third kappa shape index (κ3) is 4.89. The van der Waals surface area contributed by atoms with Gasteiger partial charge in [0.25, 0.3) is 0 Å². The first-order valence-corrected chi connectivity index (χ1v) is 11.8. The molecule has 3 heterocycles. The van der Waals surface area contributed by atoms with Crippen molar-refractivity contribution in [3.8, 4) is 5.69 Å². The molecule has 8 nitrogen and oxygen atoms in total. The van der Waals surface area contributed by atoms with Crippen LogP contribution in [-0.4, -0.2) is 43.2 Å². The number of nitrogens with zero attached hydrogens (tertiary/aromatic N) is 5. The van der Waals surface area contributed by atoms with Crippen LogP contribution in [0.5, 0.6) is 0 Å². The summed E-state index contributed by atoms with van der Waals surface area (Å²) in [4.78, 5) is 17.0. The van der Waals surface area contributed by atoms with E-state index in [0.717, 1.165) is 22.4 Å². The van der Waals surface area contributed by atoms with Crippen LogP contribution in [0.3, 0.4) is 0 Å². The van der Waals surface area contributed by atoms with Crippen molar-refractivity contribution >= 4 is 34.8 Å². The molecule has 2 N–H and O–H groups in total. The molecule has 0 atom stereocenters. The molecule has 0 saturated heterocycles. The highest BCUT2D eigenvalue weighted by Crippen LogP contribution is 2.32. The van der Waals surface area contributed by atoms with E-state index in [1.165, 1.54) is 16.8 Å². The Hall–Kier alpha value is -3.95. The Bertz CT molecular complexity index is 1510. The lowest BCUT2D eigenvalue weighted by Crippen LogP contribution is -2.27. The standard InChI is InChI=1S/C25H20Cl2FN7O/c26-22-19(28)8-9-20(23(22)27)35-25(31-32-33-35)30-14-18-7-4-12-34(15-16-5-2-1-3-6-16)24(18)17-10-11-29-21(36)13-17/h1-11,13H,12,14-15H2,(H,29,36)(H,30,31,33). The van der Waals surface area contributed by atoms with Crippen LogP contribution in [0.1, 0.15) is 11.1 Å². The topological polar surface area (TPSA) is 91.7 Å². The van der Waals surface area contributed by atoms with Gasteiger partial charge in [0.2, 0.25) is 11.5 Å². The van der Waals surface area contributed by atoms with E-state index in [4.69, 9.17) is 23.2 Å². The van der Waals surface area contributed by atoms with Crippen molar-refractivity contribution in [1.29, 1.82) is 0 Å². The number of nitrogens with one attached hydrogen (secondary N) is 2. The van der Waals surface area contributed by atoms with Gasteiger partial charge < -0.3 is 15.2 Å². The predicted molar refractivity (Wildman–Crippen MR) is 138 cm³/mol. The minimum atomic E-state index is -0.633. The number of aromatic amines is 1. The van der Waals surface area contributed by atoms with E-state index in [0.29, 0.717) is 31.3 Å². The summed E-state index contributed by atoms with van der Waals surface area (Å²) in [5, 5.41) is 14.8. The molecule has 0 saturated carbocycles. The number of hydrogen-bond acceptors (Lipinski definition) is 6. The maximum absolute atomic E-state index is 13.8. The minimum absolute atomic E-state index is 0.00188. The second kappa shape index (κ2) is 10.3. The number of rotatable bonds is 7. The van der Waals surface area contributed by atoms with Crippen LogP contribution in [-0.2, 0) is 6.54 Å². The molecule has 0 bridgehead atoms. The van der Waals surface area contributed by atoms with Crippen molar-refractivity contribution in [3.63, 3.8) is 0 Å². The number of pyridine rings is 1. The molecule has 4 aromatic rings. The quantitative estimate of drug-likeness (QED) is 0.341. The summed E-state index contributed by atoms with van der Waals surface area (Å²) in [5.74, 6) is -0.336. The van der Waals surface area contributed by atoms with Crippen LogP contribution in [0, 0.1) is 5.82 Å². The molecule has 2 aromatic carbocycles. The molecule has 1 aliphatic heterocycles. The van der Waals surface area contributed by atoms with E-state index in [1.54, 1.807) is 12.3 Å². The lowest BCUT2D eigenvalue weighted by molar-refractivity contribution is 0.425. The van der Waals surface area contributed by atoms with Crippen LogP contribution in [0.15, 0.2) is 83.3 Å². The average Bonchev–Trinajstić information content (AvgIpc) is 3.35. The van der Waals surface area contributed by atoms with E-state index < -0.39 is 5.82 Å². The fourth-order valence-corrected chi connectivity index (χ4v) is 4.45. The van der Waals surface area contributed by atoms with Crippen molar-refractivity contribution in [1.82, 2.24) is 30.1 Å². The molecule has 0 radical (unpaired) electrons. The number of halogens is 3. The molecule has 0 aliphatic carbocycles. The second-order valence-electron chi connectivity index (χ2n) is 8.05. The van der Waals surface area contributed by atoms with Gasteiger partial charge in [-0.3, -0.25) is 4.79 Å². The molecule has 1 aliphatic rings. The van der Waals surface area contributed by atoms with E-state index in [1.807, 2.05) is 30.3 Å². The van der Waals surface area contributed by atoms with Gasteiger partial charge in [0.05, 0.1) is 15.7 Å². The highest BCUT2D eigenvalue weighted by atomic mass is 35.5. The minimum Gasteiger partial charge on any atom is -0.363 e. The van der Waals surface area contributed by atoms with Crippen molar-refractivity contribution in [2.24, 2.45) is 0 Å². The van der Waals surface area contributed by atoms with Crippen LogP contribution >= 0.6 is 23.2 Å². The van der Waals surface area contributed by atoms with Crippen LogP contribution in [0.25, 0.3) is 11.4 Å². The molecule has 0 unspecified atom stereocenters. The van der Waals surface area contributed by atoms with Gasteiger partial charge in [-0.1, -0.05) is 70.8 Å². The molecule has 5 rings (SSSR count). The zero-order valence-corrected chi connectivity index (χ0v) is 20.3. The molecule has 36 heavy (non-hydrogen) atoms. The summed E-state index contributed by atoms with van der Waals surface area (Å²) in [5.41, 5.74) is 3.94. The van der Waals surface area contributed by atoms with E-state index in [-0.39, 0.29) is 15.6 Å². The van der Waals surface area contributed by atoms with Gasteiger partial charge in [-0.2, -0.15) is 4.68 Å². The summed E-state index contributed by atoms with van der Waals surface area (Å²) < 4.78 is 15.1. The third-order valence-corrected chi connectivity index (χ3v) is 6.53. The smallest absolute Gasteiger partial charge is 0.248 e. The van der Waals surface area contributed by atoms with Crippen molar-refractivity contribution < 1.29 is 4.39 Å². The lowest BCUT2D eigenvalue weighted by atomic mass is 10.0. The normalized spacial score (nSPS) is 13.4. The third-order valence-electron chi connectivity index (χ3n) is 5.68. The number of anilines is 1. The molecule has 0 fully saturated rings. The van der Waals surface area contributed by atoms with Gasteiger partial charge in [-0.05, 0) is 39.8 Å². The van der Waals surface area contributed by atoms with Crippen molar-refractivity contribution in [2.45, 2.75) is 6.54 Å². The van der Waals surface area contributed by atoms with Crippen molar-refractivity contribution in [3.05, 3.63) is 116 Å². The summed E-state index contributed by atoms with van der Waals surface area (Å²) in [6.45, 7) is 1.69. The summed E-state index contributed by atoms with van der Waals surface area (Å²) in [7, 11) is 0. The van der Waals surface area contributed by atoms with Gasteiger partial charge in [-0.25, -0.2) is 4.39 Å². The molecular weight excluding hydrogens is 504 g/mol. The highest BCUT2D eigenvalue weighted by Gasteiger charge is 2.21. The molecule has 182 valence electrons. The Morgan fingerprint density at radius 1 is 1.08 bits per heavy atom. The fourth-order valence-electron chi connectivity index (χ4n) is 4.06. The zero-order valence-electron chi connectivity index (χ0n) is 18.8. The summed E-state index contributed by atoms with van der Waals surface area (Å²) in [6, 6.07) is 16.2. The molecular formula is C25H20Cl2FN7O. The fraction of sp³-hybridized carbons (Fsp3) is 0.120. The first-order chi connectivity index (χ1) is 17.5. The molecule has 2 aromatic heterocycles. The Morgan fingerprint density at radius 2 is 1.92 bits per heavy atom. The SMILES string of the molecule is O=c1cc(C2=C(CNc3nnnn3-c3ccc(F)c(Cl)c3Cl)C=CCN2Cc2ccccc2)cc[nH]1. The van der Waals surface area contributed by atoms with Crippen molar-refractivity contribution in [2.75, 3.05) is 18.4 Å². The molecule has 11 heteroatoms. The summed E-state index contributed by atoms with van der Waals surface area (Å²) in [6.07, 6.45) is 5.71. The summed E-state index contributed by atoms with van der Waals surface area (Å²) >= 11 is 12.2. The van der Waals surface area contributed by atoms with Gasteiger partial charge in [-0.15, -0.1) is 0 Å². The Balaban J connectivity index is 1.49. The number of hydrogen-bond donors (Lipinski definition) is 2. The Kier molecular flexibility index (Phi) is 6.84. The van der Waals surface area contributed by atoms with Crippen LogP contribution < -0.4 is 10.9 Å². The van der Waals surface area contributed by atoms with Gasteiger partial charge in [0.1, 0.15) is 5.82 Å². The monoisotopic (exact) mass is 523 g/mol. The molecule has 0 amide bonds. The largest absolute Gasteiger partial charge is 0.363 e.